The van der Waals surface area contributed by atoms with E-state index in [4.69, 9.17) is 14.3 Å². The number of carbonyl (C=O) groups excluding carboxylic acids is 1. The Bertz CT molecular complexity index is 582. The predicted octanol–water partition coefficient (Wildman–Crippen LogP) is 2.09. The van der Waals surface area contributed by atoms with Crippen LogP contribution in [0.4, 0.5) is 0 Å². The highest BCUT2D eigenvalue weighted by molar-refractivity contribution is 5.45. The summed E-state index contributed by atoms with van der Waals surface area (Å²) in [6, 6.07) is 7.46. The molecule has 1 unspecified atom stereocenters. The van der Waals surface area contributed by atoms with Gasteiger partial charge < -0.3 is 19.5 Å². The molecule has 27 heavy (non-hydrogen) atoms. The third-order valence-electron chi connectivity index (χ3n) is 4.37. The highest BCUT2D eigenvalue weighted by Gasteiger charge is 2.28. The van der Waals surface area contributed by atoms with Crippen molar-refractivity contribution in [2.24, 2.45) is 0 Å². The van der Waals surface area contributed by atoms with Crippen molar-refractivity contribution in [3.8, 4) is 11.5 Å². The molecule has 7 heteroatoms. The van der Waals surface area contributed by atoms with Gasteiger partial charge in [-0.2, -0.15) is 0 Å². The van der Waals surface area contributed by atoms with Crippen molar-refractivity contribution in [3.63, 3.8) is 0 Å². The zero-order valence-corrected chi connectivity index (χ0v) is 16.8. The van der Waals surface area contributed by atoms with Crippen LogP contribution in [0.15, 0.2) is 24.3 Å². The van der Waals surface area contributed by atoms with Crippen LogP contribution >= 0.6 is 0 Å². The van der Waals surface area contributed by atoms with Crippen molar-refractivity contribution in [1.82, 2.24) is 9.96 Å². The number of benzene rings is 1. The number of piperidine rings is 1. The van der Waals surface area contributed by atoms with E-state index >= 15 is 0 Å². The number of aliphatic hydroxyl groups is 1. The van der Waals surface area contributed by atoms with Gasteiger partial charge in [0.05, 0.1) is 18.8 Å². The molecule has 1 atom stereocenters. The van der Waals surface area contributed by atoms with Crippen molar-refractivity contribution in [2.45, 2.75) is 51.4 Å². The van der Waals surface area contributed by atoms with Gasteiger partial charge in [0, 0.05) is 19.6 Å². The molecule has 1 fully saturated rings. The Hall–Kier alpha value is -1.83. The Kier molecular flexibility index (Phi) is 7.89. The predicted molar refractivity (Wildman–Crippen MR) is 103 cm³/mol. The fourth-order valence-electron chi connectivity index (χ4n) is 3.13. The maximum Gasteiger partial charge on any atom is 0.233 e. The van der Waals surface area contributed by atoms with Crippen LogP contribution < -0.4 is 9.47 Å². The van der Waals surface area contributed by atoms with E-state index in [2.05, 4.69) is 4.90 Å². The van der Waals surface area contributed by atoms with Crippen LogP contribution in [0, 0.1) is 0 Å². The fourth-order valence-corrected chi connectivity index (χ4v) is 3.13. The van der Waals surface area contributed by atoms with Gasteiger partial charge in [-0.25, -0.2) is 5.06 Å². The molecule has 0 aliphatic carbocycles. The van der Waals surface area contributed by atoms with Crippen LogP contribution in [-0.2, 0) is 9.63 Å². The Morgan fingerprint density at radius 3 is 2.44 bits per heavy atom. The third-order valence-corrected chi connectivity index (χ3v) is 4.37. The summed E-state index contributed by atoms with van der Waals surface area (Å²) in [6.45, 7) is 8.11. The normalized spacial score (nSPS) is 17.4. The Labute approximate surface area is 161 Å². The van der Waals surface area contributed by atoms with E-state index in [1.54, 1.807) is 7.11 Å². The maximum atomic E-state index is 11.3. The lowest BCUT2D eigenvalue weighted by Gasteiger charge is -2.38. The minimum Gasteiger partial charge on any atom is -0.493 e. The summed E-state index contributed by atoms with van der Waals surface area (Å²) in [5.41, 5.74) is -0.399. The second-order valence-electron chi connectivity index (χ2n) is 7.82. The van der Waals surface area contributed by atoms with Crippen LogP contribution in [0.2, 0.25) is 0 Å². The zero-order chi connectivity index (χ0) is 19.9. The highest BCUT2D eigenvalue weighted by atomic mass is 16.7. The number of nitrogens with zero attached hydrogens (tertiary/aromatic N) is 2. The smallest absolute Gasteiger partial charge is 0.233 e. The molecule has 1 aliphatic rings. The molecule has 0 radical (unpaired) electrons. The van der Waals surface area contributed by atoms with E-state index in [1.807, 2.05) is 45.0 Å². The summed E-state index contributed by atoms with van der Waals surface area (Å²) >= 11 is 0. The number of likely N-dealkylation sites (tertiary alicyclic amines) is 1. The first-order chi connectivity index (χ1) is 12.8. The van der Waals surface area contributed by atoms with Gasteiger partial charge in [0.2, 0.25) is 6.41 Å². The topological polar surface area (TPSA) is 71.5 Å². The summed E-state index contributed by atoms with van der Waals surface area (Å²) < 4.78 is 10.9. The van der Waals surface area contributed by atoms with E-state index in [9.17, 15) is 9.90 Å². The monoisotopic (exact) mass is 380 g/mol. The Morgan fingerprint density at radius 1 is 1.26 bits per heavy atom. The van der Waals surface area contributed by atoms with Crippen LogP contribution in [0.3, 0.4) is 0 Å². The largest absolute Gasteiger partial charge is 0.493 e. The first-order valence-corrected chi connectivity index (χ1v) is 9.41. The quantitative estimate of drug-likeness (QED) is 0.522. The minimum atomic E-state index is -0.598. The number of hydroxylamine groups is 2. The van der Waals surface area contributed by atoms with Crippen molar-refractivity contribution in [3.05, 3.63) is 24.3 Å². The number of ether oxygens (including phenoxy) is 2. The van der Waals surface area contributed by atoms with Crippen molar-refractivity contribution in [1.29, 1.82) is 0 Å². The van der Waals surface area contributed by atoms with E-state index in [0.717, 1.165) is 32.3 Å². The molecule has 1 saturated heterocycles. The molecule has 0 bridgehead atoms. The molecule has 152 valence electrons. The van der Waals surface area contributed by atoms with Gasteiger partial charge in [-0.3, -0.25) is 9.63 Å². The van der Waals surface area contributed by atoms with Crippen LogP contribution in [0.5, 0.6) is 11.5 Å². The van der Waals surface area contributed by atoms with Gasteiger partial charge in [0.1, 0.15) is 12.7 Å². The van der Waals surface area contributed by atoms with Crippen LogP contribution in [0.1, 0.15) is 33.6 Å². The van der Waals surface area contributed by atoms with Crippen LogP contribution in [-0.4, -0.2) is 72.6 Å². The summed E-state index contributed by atoms with van der Waals surface area (Å²) in [6.07, 6.45) is 1.80. The summed E-state index contributed by atoms with van der Waals surface area (Å²) in [5.74, 6) is 1.28. The lowest BCUT2D eigenvalue weighted by atomic mass is 10.0. The number of hydrogen-bond acceptors (Lipinski definition) is 6. The van der Waals surface area contributed by atoms with Gasteiger partial charge in [0.15, 0.2) is 11.5 Å². The first kappa shape index (κ1) is 21.5. The molecule has 1 aliphatic heterocycles. The van der Waals surface area contributed by atoms with Gasteiger partial charge >= 0.3 is 0 Å². The highest BCUT2D eigenvalue weighted by Crippen LogP contribution is 2.26. The molecule has 0 spiro atoms. The molecular formula is C20H32N2O5. The van der Waals surface area contributed by atoms with E-state index in [-0.39, 0.29) is 12.6 Å². The Balaban J connectivity index is 1.75. The van der Waals surface area contributed by atoms with Gasteiger partial charge in [-0.05, 0) is 45.7 Å². The average molecular weight is 380 g/mol. The second kappa shape index (κ2) is 9.92. The number of aliphatic hydroxyl groups excluding tert-OH is 1. The maximum absolute atomic E-state index is 11.3. The number of rotatable bonds is 9. The lowest BCUT2D eigenvalue weighted by Crippen LogP contribution is -2.48. The molecule has 0 saturated carbocycles. The van der Waals surface area contributed by atoms with E-state index in [0.29, 0.717) is 18.0 Å². The zero-order valence-electron chi connectivity index (χ0n) is 16.8. The molecule has 1 amide bonds. The van der Waals surface area contributed by atoms with Gasteiger partial charge in [-0.1, -0.05) is 12.1 Å². The summed E-state index contributed by atoms with van der Waals surface area (Å²) in [4.78, 5) is 19.2. The van der Waals surface area contributed by atoms with Crippen LogP contribution in [0.25, 0.3) is 0 Å². The molecule has 1 aromatic rings. The fraction of sp³-hybridized carbons (Fsp3) is 0.650. The number of amides is 1. The number of hydrogen-bond donors (Lipinski definition) is 1. The molecule has 1 aromatic carbocycles. The van der Waals surface area contributed by atoms with Crippen molar-refractivity contribution < 1.29 is 24.2 Å². The van der Waals surface area contributed by atoms with E-state index < -0.39 is 11.7 Å². The van der Waals surface area contributed by atoms with Crippen molar-refractivity contribution in [2.75, 3.05) is 33.4 Å². The molecule has 0 aromatic heterocycles. The molecule has 1 heterocycles. The molecular weight excluding hydrogens is 348 g/mol. The number of methoxy groups -OCH3 is 1. The second-order valence-corrected chi connectivity index (χ2v) is 7.82. The molecule has 2 rings (SSSR count). The Morgan fingerprint density at radius 2 is 1.89 bits per heavy atom. The molecule has 1 N–H and O–H groups in total. The van der Waals surface area contributed by atoms with E-state index in [1.165, 1.54) is 5.06 Å². The number of β-amino-alcohol motifs (C(OH)–C–C–N with tert-alkyl or cyclic N) is 1. The van der Waals surface area contributed by atoms with Crippen molar-refractivity contribution >= 4 is 6.41 Å². The van der Waals surface area contributed by atoms with Gasteiger partial charge in [0.25, 0.3) is 0 Å². The first-order valence-electron chi connectivity index (χ1n) is 9.41. The van der Waals surface area contributed by atoms with Gasteiger partial charge in [-0.15, -0.1) is 0 Å². The minimum absolute atomic E-state index is 0.0694. The average Bonchev–Trinajstić information content (AvgIpc) is 2.64. The standard InChI is InChI=1S/C20H32N2O5/c1-20(2,3)27-22(15-23)16-9-11-21(12-10-16)13-17(24)14-26-19-8-6-5-7-18(19)25-4/h5-8,15-17,24H,9-14H2,1-4H3. The molecule has 7 nitrogen and oxygen atoms in total. The number of carbonyl (C=O) groups is 1. The lowest BCUT2D eigenvalue weighted by molar-refractivity contribution is -0.236. The SMILES string of the molecule is COc1ccccc1OCC(O)CN1CCC(N(C=O)OC(C)(C)C)CC1. The third kappa shape index (κ3) is 7.01. The summed E-state index contributed by atoms with van der Waals surface area (Å²) in [5, 5.41) is 11.7. The number of para-hydroxylation sites is 2. The summed E-state index contributed by atoms with van der Waals surface area (Å²) in [7, 11) is 1.59.